The summed E-state index contributed by atoms with van der Waals surface area (Å²) in [5.74, 6) is 0. The van der Waals surface area contributed by atoms with E-state index in [-0.39, 0.29) is 0 Å². The van der Waals surface area contributed by atoms with Crippen LogP contribution in [0.2, 0.25) is 39.3 Å². The van der Waals surface area contributed by atoms with Gasteiger partial charge in [-0.15, -0.1) is 0 Å². The Bertz CT molecular complexity index is 252. The summed E-state index contributed by atoms with van der Waals surface area (Å²) < 4.78 is 23.3. The van der Waals surface area contributed by atoms with Crippen LogP contribution >= 0.6 is 7.14 Å². The van der Waals surface area contributed by atoms with E-state index in [1.807, 2.05) is 39.3 Å². The van der Waals surface area contributed by atoms with E-state index in [2.05, 4.69) is 6.58 Å². The van der Waals surface area contributed by atoms with Gasteiger partial charge in [-0.1, -0.05) is 26.2 Å². The van der Waals surface area contributed by atoms with Crippen molar-refractivity contribution >= 4 is 23.2 Å². The van der Waals surface area contributed by atoms with Gasteiger partial charge in [0.05, 0.1) is 6.26 Å². The zero-order valence-electron chi connectivity index (χ0n) is 9.96. The lowest BCUT2D eigenvalue weighted by molar-refractivity contribution is 0.370. The monoisotopic (exact) mass is 252 g/mol. The van der Waals surface area contributed by atoms with Crippen LogP contribution in [-0.4, -0.2) is 16.1 Å². The van der Waals surface area contributed by atoms with Crippen LogP contribution in [-0.2, 0) is 13.3 Å². The Morgan fingerprint density at radius 3 is 1.79 bits per heavy atom. The molecular formula is C8H21O3PSi2. The Labute approximate surface area is 89.0 Å². The summed E-state index contributed by atoms with van der Waals surface area (Å²) in [6, 6.07) is 0. The first-order valence-corrected chi connectivity index (χ1v) is 13.9. The Hall–Kier alpha value is 0.164. The molecule has 14 heavy (non-hydrogen) atoms. The van der Waals surface area contributed by atoms with Gasteiger partial charge in [0.15, 0.2) is 16.1 Å². The van der Waals surface area contributed by atoms with Crippen molar-refractivity contribution in [2.45, 2.75) is 39.3 Å². The van der Waals surface area contributed by atoms with Gasteiger partial charge in [-0.3, -0.25) is 4.57 Å². The number of hydrogen-bond acceptors (Lipinski definition) is 3. The van der Waals surface area contributed by atoms with Gasteiger partial charge in [-0.05, 0) is 19.6 Å². The lowest BCUT2D eigenvalue weighted by Crippen LogP contribution is -2.32. The molecule has 0 aromatic carbocycles. The molecule has 0 amide bonds. The van der Waals surface area contributed by atoms with Crippen molar-refractivity contribution in [1.82, 2.24) is 0 Å². The minimum atomic E-state index is -2.94. The van der Waals surface area contributed by atoms with Gasteiger partial charge in [0, 0.05) is 0 Å². The molecule has 0 saturated heterocycles. The largest absolute Gasteiger partial charge is 0.438 e. The first kappa shape index (κ1) is 14.2. The van der Waals surface area contributed by atoms with E-state index in [0.29, 0.717) is 0 Å². The normalized spacial score (nSPS) is 17.3. The van der Waals surface area contributed by atoms with Crippen molar-refractivity contribution in [3.63, 3.8) is 0 Å². The SMILES string of the molecule is C=COP(=O)(O[Si](C)(C)C)[Si](C)(C)C. The molecule has 0 spiro atoms. The molecule has 0 radical (unpaired) electrons. The second kappa shape index (κ2) is 4.35. The molecule has 1 unspecified atom stereocenters. The molecule has 0 aliphatic rings. The Morgan fingerprint density at radius 2 is 1.57 bits per heavy atom. The topological polar surface area (TPSA) is 35.5 Å². The first-order valence-electron chi connectivity index (χ1n) is 4.62. The van der Waals surface area contributed by atoms with Crippen molar-refractivity contribution in [2.24, 2.45) is 0 Å². The molecule has 0 N–H and O–H groups in total. The standard InChI is InChI=1S/C8H21O3PSi2/c1-8-10-12(9,14(5,6)7)11-13(2,3)4/h8H,1H2,2-7H3. The van der Waals surface area contributed by atoms with Crippen molar-refractivity contribution < 1.29 is 13.3 Å². The highest BCUT2D eigenvalue weighted by Crippen LogP contribution is 2.58. The molecule has 84 valence electrons. The maximum atomic E-state index is 12.4. The predicted molar refractivity (Wildman–Crippen MR) is 66.7 cm³/mol. The molecular weight excluding hydrogens is 231 g/mol. The molecule has 3 nitrogen and oxygen atoms in total. The molecule has 0 aromatic rings. The lowest BCUT2D eigenvalue weighted by Gasteiger charge is -2.32. The van der Waals surface area contributed by atoms with Crippen LogP contribution in [0.5, 0.6) is 0 Å². The third-order valence-electron chi connectivity index (χ3n) is 1.43. The molecule has 0 aliphatic heterocycles. The molecule has 0 aliphatic carbocycles. The van der Waals surface area contributed by atoms with Crippen LogP contribution in [0.1, 0.15) is 0 Å². The van der Waals surface area contributed by atoms with E-state index in [4.69, 9.17) is 8.74 Å². The fourth-order valence-corrected chi connectivity index (χ4v) is 11.5. The average molecular weight is 252 g/mol. The third kappa shape index (κ3) is 4.13. The lowest BCUT2D eigenvalue weighted by atomic mass is 11.2. The van der Waals surface area contributed by atoms with Crippen molar-refractivity contribution in [2.75, 3.05) is 0 Å². The Kier molecular flexibility index (Phi) is 4.40. The van der Waals surface area contributed by atoms with Gasteiger partial charge in [0.25, 0.3) is 0 Å². The van der Waals surface area contributed by atoms with Gasteiger partial charge in [-0.25, -0.2) is 0 Å². The molecule has 6 heteroatoms. The summed E-state index contributed by atoms with van der Waals surface area (Å²) in [5.41, 5.74) is 0. The highest BCUT2D eigenvalue weighted by Gasteiger charge is 2.45. The number of rotatable bonds is 5. The summed E-state index contributed by atoms with van der Waals surface area (Å²) >= 11 is 0. The summed E-state index contributed by atoms with van der Waals surface area (Å²) in [6.45, 7) is 15.4. The van der Waals surface area contributed by atoms with E-state index in [1.54, 1.807) is 0 Å². The highest BCUT2D eigenvalue weighted by molar-refractivity contribution is 7.93. The molecule has 1 atom stereocenters. The zero-order chi connectivity index (χ0) is 11.6. The second-order valence-electron chi connectivity index (χ2n) is 5.14. The van der Waals surface area contributed by atoms with Crippen molar-refractivity contribution in [1.29, 1.82) is 0 Å². The molecule has 0 fully saturated rings. The minimum Gasteiger partial charge on any atom is -0.438 e. The summed E-state index contributed by atoms with van der Waals surface area (Å²) in [7, 11) is -6.75. The predicted octanol–water partition coefficient (Wildman–Crippen LogP) is 4.03. The summed E-state index contributed by atoms with van der Waals surface area (Å²) in [6.07, 6.45) is 1.24. The number of hydrogen-bond donors (Lipinski definition) is 0. The fourth-order valence-electron chi connectivity index (χ4n) is 0.775. The molecule has 0 aromatic heterocycles. The van der Waals surface area contributed by atoms with E-state index >= 15 is 0 Å². The Morgan fingerprint density at radius 1 is 1.14 bits per heavy atom. The first-order chi connectivity index (χ1) is 6.02. The van der Waals surface area contributed by atoms with Gasteiger partial charge in [0.1, 0.15) is 0 Å². The van der Waals surface area contributed by atoms with Gasteiger partial charge >= 0.3 is 7.14 Å². The quantitative estimate of drug-likeness (QED) is 0.421. The van der Waals surface area contributed by atoms with Crippen LogP contribution < -0.4 is 0 Å². The smallest absolute Gasteiger partial charge is 0.331 e. The zero-order valence-corrected chi connectivity index (χ0v) is 12.9. The van der Waals surface area contributed by atoms with Crippen LogP contribution in [0, 0.1) is 0 Å². The van der Waals surface area contributed by atoms with Gasteiger partial charge in [0.2, 0.25) is 0 Å². The van der Waals surface area contributed by atoms with Crippen LogP contribution in [0.4, 0.5) is 0 Å². The van der Waals surface area contributed by atoms with Gasteiger partial charge in [-0.2, -0.15) is 0 Å². The summed E-state index contributed by atoms with van der Waals surface area (Å²) in [4.78, 5) is 0. The molecule has 0 saturated carbocycles. The van der Waals surface area contributed by atoms with Crippen molar-refractivity contribution in [3.8, 4) is 0 Å². The van der Waals surface area contributed by atoms with E-state index in [1.165, 1.54) is 6.26 Å². The average Bonchev–Trinajstić information content (AvgIpc) is 1.79. The maximum absolute atomic E-state index is 12.4. The molecule has 0 heterocycles. The van der Waals surface area contributed by atoms with E-state index in [9.17, 15) is 4.57 Å². The molecule has 0 bridgehead atoms. The van der Waals surface area contributed by atoms with Crippen LogP contribution in [0.25, 0.3) is 0 Å². The van der Waals surface area contributed by atoms with Crippen molar-refractivity contribution in [3.05, 3.63) is 12.8 Å². The summed E-state index contributed by atoms with van der Waals surface area (Å²) in [5, 5.41) is 0. The van der Waals surface area contributed by atoms with E-state index < -0.39 is 23.2 Å². The van der Waals surface area contributed by atoms with Crippen LogP contribution in [0.15, 0.2) is 12.8 Å². The van der Waals surface area contributed by atoms with Crippen LogP contribution in [0.3, 0.4) is 0 Å². The Balaban J connectivity index is 4.94. The highest BCUT2D eigenvalue weighted by atomic mass is 31.4. The third-order valence-corrected chi connectivity index (χ3v) is 12.7. The van der Waals surface area contributed by atoms with Gasteiger partial charge < -0.3 is 8.74 Å². The second-order valence-corrected chi connectivity index (χ2v) is 21.3. The minimum absolute atomic E-state index is 1.24. The maximum Gasteiger partial charge on any atom is 0.331 e. The fraction of sp³-hybridized carbons (Fsp3) is 0.750. The van der Waals surface area contributed by atoms with E-state index in [0.717, 1.165) is 0 Å². The molecule has 0 rings (SSSR count).